The Bertz CT molecular complexity index is 2290. The third kappa shape index (κ3) is 12.6. The molecule has 6 N–H and O–H groups in total. The quantitative estimate of drug-likeness (QED) is 0.0327. The summed E-state index contributed by atoms with van der Waals surface area (Å²) in [6.07, 6.45) is -4.83. The summed E-state index contributed by atoms with van der Waals surface area (Å²) in [6.45, 7) is -0.184. The second-order valence-corrected chi connectivity index (χ2v) is 14.9. The van der Waals surface area contributed by atoms with Crippen molar-refractivity contribution in [1.82, 2.24) is 20.5 Å². The van der Waals surface area contributed by atoms with Crippen molar-refractivity contribution in [2.45, 2.75) is 82.1 Å². The molecule has 2 heterocycles. The molecular formula is C45H48F3N7O7. The van der Waals surface area contributed by atoms with Crippen molar-refractivity contribution in [2.75, 3.05) is 13.1 Å². The summed E-state index contributed by atoms with van der Waals surface area (Å²) in [6, 6.07) is 26.2. The highest BCUT2D eigenvalue weighted by molar-refractivity contribution is 6.01. The number of ether oxygens (including phenoxy) is 2. The molecule has 0 spiro atoms. The van der Waals surface area contributed by atoms with Gasteiger partial charge < -0.3 is 40.9 Å². The Morgan fingerprint density at radius 1 is 0.823 bits per heavy atom. The number of halogens is 3. The van der Waals surface area contributed by atoms with Gasteiger partial charge >= 0.3 is 12.3 Å². The molecule has 1 aliphatic heterocycles. The normalized spacial score (nSPS) is 16.0. The fraction of sp³-hybridized carbons (Fsp3) is 0.333. The molecule has 1 aromatic heterocycles. The van der Waals surface area contributed by atoms with Gasteiger partial charge in [-0.05, 0) is 73.1 Å². The van der Waals surface area contributed by atoms with Crippen LogP contribution in [-0.2, 0) is 44.9 Å². The molecule has 1 aliphatic rings. The van der Waals surface area contributed by atoms with Crippen LogP contribution >= 0.6 is 0 Å². The van der Waals surface area contributed by atoms with Crippen LogP contribution in [0.4, 0.5) is 18.0 Å². The van der Waals surface area contributed by atoms with E-state index >= 15 is 0 Å². The zero-order valence-electron chi connectivity index (χ0n) is 33.8. The Morgan fingerprint density at radius 2 is 1.52 bits per heavy atom. The van der Waals surface area contributed by atoms with Gasteiger partial charge in [-0.15, -0.1) is 0 Å². The molecule has 62 heavy (non-hydrogen) atoms. The smallest absolute Gasteiger partial charge is 0.416 e. The first-order valence-corrected chi connectivity index (χ1v) is 20.2. The van der Waals surface area contributed by atoms with E-state index < -0.39 is 59.7 Å². The predicted molar refractivity (Wildman–Crippen MR) is 223 cm³/mol. The van der Waals surface area contributed by atoms with Crippen molar-refractivity contribution < 1.29 is 46.2 Å². The summed E-state index contributed by atoms with van der Waals surface area (Å²) < 4.78 is 57.9. The number of unbranched alkanes of at least 4 members (excludes halogenated alkanes) is 1. The molecule has 6 rings (SSSR count). The third-order valence-corrected chi connectivity index (χ3v) is 10.3. The molecule has 0 radical (unpaired) electrons. The van der Waals surface area contributed by atoms with Crippen molar-refractivity contribution in [3.05, 3.63) is 137 Å². The van der Waals surface area contributed by atoms with Crippen LogP contribution in [0.2, 0.25) is 0 Å². The van der Waals surface area contributed by atoms with Crippen molar-refractivity contribution in [3.8, 4) is 0 Å². The SMILES string of the molecule is NC(N)=NCCCC[C@H](NC(=O)[C@@H]1C[C@@H](OCc2cccc(C(F)(F)F)c2)CN1C(=O)[C@@H](CCc1ccccc1)NC(=O)OCc1ccccc1)C(=O)c1nc2ccccc2o1. The minimum atomic E-state index is -4.57. The standard InChI is InChI=1S/C45H48F3N7O7/c46-45(47,48)32-17-11-16-31(24-32)28-60-33-25-37(40(57)52-35(19-9-10-23-51-43(49)50)39(56)41-53-34-18-7-8-20-38(34)62-41)55(26-33)42(58)36(22-21-29-12-3-1-4-13-29)54-44(59)61-27-30-14-5-2-6-15-30/h1-8,11-18,20,24,33,35-37H,9-10,19,21-23,25-28H2,(H,52,57)(H,54,59)(H4,49,50,51)/t33-,35+,36-,37+/m1/s1. The summed E-state index contributed by atoms with van der Waals surface area (Å²) in [7, 11) is 0. The predicted octanol–water partition coefficient (Wildman–Crippen LogP) is 6.07. The maximum atomic E-state index is 14.7. The number of ketones is 1. The van der Waals surface area contributed by atoms with Crippen LogP contribution in [0, 0.1) is 0 Å². The number of nitrogens with one attached hydrogen (secondary N) is 2. The zero-order chi connectivity index (χ0) is 44.1. The van der Waals surface area contributed by atoms with Crippen molar-refractivity contribution in [1.29, 1.82) is 0 Å². The van der Waals surface area contributed by atoms with E-state index in [4.69, 9.17) is 25.4 Å². The summed E-state index contributed by atoms with van der Waals surface area (Å²) in [5.74, 6) is -2.23. The number of oxazole rings is 1. The van der Waals surface area contributed by atoms with Crippen LogP contribution in [0.15, 0.2) is 119 Å². The summed E-state index contributed by atoms with van der Waals surface area (Å²) in [4.78, 5) is 66.0. The number of Topliss-reactive ketones (excluding diaryl/α,β-unsaturated/α-hetero) is 1. The lowest BCUT2D eigenvalue weighted by molar-refractivity contribution is -0.140. The van der Waals surface area contributed by atoms with Crippen molar-refractivity contribution in [2.24, 2.45) is 16.5 Å². The first-order valence-electron chi connectivity index (χ1n) is 20.2. The number of nitrogens with two attached hydrogens (primary N) is 2. The highest BCUT2D eigenvalue weighted by Crippen LogP contribution is 2.30. The Morgan fingerprint density at radius 3 is 2.23 bits per heavy atom. The van der Waals surface area contributed by atoms with Crippen LogP contribution in [-0.4, -0.2) is 76.9 Å². The van der Waals surface area contributed by atoms with E-state index in [0.717, 1.165) is 23.3 Å². The number of guanidine groups is 1. The zero-order valence-corrected chi connectivity index (χ0v) is 33.8. The first-order chi connectivity index (χ1) is 29.8. The van der Waals surface area contributed by atoms with E-state index in [-0.39, 0.29) is 63.0 Å². The summed E-state index contributed by atoms with van der Waals surface area (Å²) in [5, 5.41) is 5.51. The number of aromatic nitrogens is 1. The minimum absolute atomic E-state index is 0.0616. The lowest BCUT2D eigenvalue weighted by Crippen LogP contribution is -2.55. The molecule has 14 nitrogen and oxygen atoms in total. The number of aryl methyl sites for hydroxylation is 1. The first kappa shape index (κ1) is 44.8. The number of aliphatic imine (C=N–C) groups is 1. The van der Waals surface area contributed by atoms with Crippen molar-refractivity contribution in [3.63, 3.8) is 0 Å². The molecule has 4 atom stereocenters. The number of likely N-dealkylation sites (tertiary alicyclic amines) is 1. The molecule has 5 aromatic rings. The molecule has 1 fully saturated rings. The molecule has 17 heteroatoms. The number of hydrogen-bond acceptors (Lipinski definition) is 9. The van der Waals surface area contributed by atoms with E-state index in [2.05, 4.69) is 20.6 Å². The fourth-order valence-corrected chi connectivity index (χ4v) is 7.11. The molecule has 0 bridgehead atoms. The van der Waals surface area contributed by atoms with Crippen LogP contribution in [0.5, 0.6) is 0 Å². The van der Waals surface area contributed by atoms with Gasteiger partial charge in [0.1, 0.15) is 24.2 Å². The minimum Gasteiger partial charge on any atom is -0.445 e. The highest BCUT2D eigenvalue weighted by Gasteiger charge is 2.44. The molecular weight excluding hydrogens is 808 g/mol. The van der Waals surface area contributed by atoms with Gasteiger partial charge in [0, 0.05) is 19.5 Å². The van der Waals surface area contributed by atoms with E-state index in [1.807, 2.05) is 36.4 Å². The van der Waals surface area contributed by atoms with E-state index in [1.165, 1.54) is 17.0 Å². The second kappa shape index (κ2) is 21.2. The second-order valence-electron chi connectivity index (χ2n) is 14.9. The highest BCUT2D eigenvalue weighted by atomic mass is 19.4. The number of benzene rings is 4. The number of hydrogen-bond donors (Lipinski definition) is 4. The lowest BCUT2D eigenvalue weighted by atomic mass is 10.0. The van der Waals surface area contributed by atoms with Gasteiger partial charge in [-0.2, -0.15) is 13.2 Å². The van der Waals surface area contributed by atoms with Gasteiger partial charge in [-0.25, -0.2) is 9.78 Å². The van der Waals surface area contributed by atoms with Gasteiger partial charge in [0.15, 0.2) is 11.5 Å². The fourth-order valence-electron chi connectivity index (χ4n) is 7.11. The monoisotopic (exact) mass is 855 g/mol. The summed E-state index contributed by atoms with van der Waals surface area (Å²) in [5.41, 5.74) is 12.8. The topological polar surface area (TPSA) is 204 Å². The molecule has 0 saturated carbocycles. The number of alkyl carbamates (subject to hydrolysis) is 1. The average Bonchev–Trinajstić information content (AvgIpc) is 3.91. The number of alkyl halides is 3. The maximum Gasteiger partial charge on any atom is 0.416 e. The Kier molecular flexibility index (Phi) is 15.3. The molecule has 1 saturated heterocycles. The Balaban J connectivity index is 1.25. The third-order valence-electron chi connectivity index (χ3n) is 10.3. The molecule has 326 valence electrons. The van der Waals surface area contributed by atoms with E-state index in [9.17, 15) is 32.3 Å². The van der Waals surface area contributed by atoms with Gasteiger partial charge in [0.25, 0.3) is 5.89 Å². The Labute approximate surface area is 355 Å². The van der Waals surface area contributed by atoms with Gasteiger partial charge in [-0.1, -0.05) is 84.9 Å². The average molecular weight is 856 g/mol. The van der Waals surface area contributed by atoms with E-state index in [0.29, 0.717) is 30.4 Å². The Hall–Kier alpha value is -6.75. The largest absolute Gasteiger partial charge is 0.445 e. The number of fused-ring (bicyclic) bond motifs is 1. The van der Waals surface area contributed by atoms with E-state index in [1.54, 1.807) is 48.5 Å². The number of nitrogens with zero attached hydrogens (tertiary/aromatic N) is 3. The van der Waals surface area contributed by atoms with Crippen molar-refractivity contribution >= 4 is 40.8 Å². The molecule has 3 amide bonds. The maximum absolute atomic E-state index is 14.7. The number of amides is 3. The molecule has 4 aromatic carbocycles. The number of carbonyl (C=O) groups is 4. The molecule has 0 aliphatic carbocycles. The van der Waals surface area contributed by atoms with Crippen LogP contribution in [0.3, 0.4) is 0 Å². The van der Waals surface area contributed by atoms with Crippen LogP contribution in [0.1, 0.15) is 65.0 Å². The molecule has 0 unspecified atom stereocenters. The number of carbonyl (C=O) groups excluding carboxylic acids is 4. The van der Waals surface area contributed by atoms with Gasteiger partial charge in [0.05, 0.1) is 24.3 Å². The van der Waals surface area contributed by atoms with Crippen LogP contribution in [0.25, 0.3) is 11.1 Å². The number of para-hydroxylation sites is 2. The van der Waals surface area contributed by atoms with Crippen LogP contribution < -0.4 is 22.1 Å². The lowest BCUT2D eigenvalue weighted by Gasteiger charge is -2.29. The van der Waals surface area contributed by atoms with Gasteiger partial charge in [-0.3, -0.25) is 19.4 Å². The van der Waals surface area contributed by atoms with Gasteiger partial charge in [0.2, 0.25) is 17.6 Å². The number of rotatable bonds is 19. The summed E-state index contributed by atoms with van der Waals surface area (Å²) >= 11 is 0.